The Balaban J connectivity index is 1.66. The summed E-state index contributed by atoms with van der Waals surface area (Å²) in [6, 6.07) is 20.0. The zero-order valence-corrected chi connectivity index (χ0v) is 11.5. The fourth-order valence-corrected chi connectivity index (χ4v) is 3.15. The van der Waals surface area contributed by atoms with E-state index in [9.17, 15) is 0 Å². The van der Waals surface area contributed by atoms with Gasteiger partial charge in [-0.3, -0.25) is 0 Å². The van der Waals surface area contributed by atoms with Gasteiger partial charge in [0.25, 0.3) is 0 Å². The largest absolute Gasteiger partial charge is 0.303 e. The lowest BCUT2D eigenvalue weighted by molar-refractivity contribution is 0.706. The number of rotatable bonds is 3. The first-order valence-electron chi connectivity index (χ1n) is 7.50. The molecule has 1 nitrogen and oxygen atoms in total. The molecular weight excluding hydrogens is 242 g/mol. The second-order valence-corrected chi connectivity index (χ2v) is 5.82. The molecule has 1 heterocycles. The molecule has 1 atom stereocenters. The molecule has 1 saturated carbocycles. The Bertz CT molecular complexity index is 638. The van der Waals surface area contributed by atoms with Crippen LogP contribution in [0.4, 0.5) is 0 Å². The predicted octanol–water partition coefficient (Wildman–Crippen LogP) is 4.29. The molecule has 0 radical (unpaired) electrons. The number of hydrogen-bond acceptors (Lipinski definition) is 1. The van der Waals surface area contributed by atoms with E-state index in [4.69, 9.17) is 0 Å². The lowest BCUT2D eigenvalue weighted by Gasteiger charge is -2.14. The molecule has 0 amide bonds. The standard InChI is InChI=1S/C19H19N/c1-2-6-14(7-3-1)16-12-19(20-13-16)18-9-5-4-8-17(18)15-10-11-15/h1-9,12,15,19-20H,10-11,13H2. The Labute approximate surface area is 120 Å². The van der Waals surface area contributed by atoms with Gasteiger partial charge in [-0.2, -0.15) is 0 Å². The molecule has 0 spiro atoms. The minimum absolute atomic E-state index is 0.377. The number of nitrogens with one attached hydrogen (secondary N) is 1. The number of benzene rings is 2. The third-order valence-electron chi connectivity index (χ3n) is 4.37. The Morgan fingerprint density at radius 3 is 2.25 bits per heavy atom. The maximum absolute atomic E-state index is 3.65. The van der Waals surface area contributed by atoms with Crippen LogP contribution in [-0.4, -0.2) is 6.54 Å². The molecule has 0 saturated heterocycles. The molecule has 20 heavy (non-hydrogen) atoms. The normalized spacial score (nSPS) is 21.8. The molecule has 1 unspecified atom stereocenters. The molecular formula is C19H19N. The summed E-state index contributed by atoms with van der Waals surface area (Å²) in [5.41, 5.74) is 5.78. The summed E-state index contributed by atoms with van der Waals surface area (Å²) in [4.78, 5) is 0. The molecule has 1 aliphatic heterocycles. The van der Waals surface area contributed by atoms with Crippen molar-refractivity contribution < 1.29 is 0 Å². The Kier molecular flexibility index (Phi) is 2.93. The van der Waals surface area contributed by atoms with Gasteiger partial charge in [-0.1, -0.05) is 60.7 Å². The van der Waals surface area contributed by atoms with E-state index in [0.29, 0.717) is 6.04 Å². The zero-order valence-electron chi connectivity index (χ0n) is 11.5. The summed E-state index contributed by atoms with van der Waals surface area (Å²) in [5, 5.41) is 3.65. The summed E-state index contributed by atoms with van der Waals surface area (Å²) in [6.45, 7) is 0.966. The van der Waals surface area contributed by atoms with Crippen molar-refractivity contribution in [2.24, 2.45) is 0 Å². The van der Waals surface area contributed by atoms with Gasteiger partial charge in [-0.05, 0) is 41.0 Å². The highest BCUT2D eigenvalue weighted by molar-refractivity contribution is 5.70. The van der Waals surface area contributed by atoms with Crippen molar-refractivity contribution in [3.05, 3.63) is 77.4 Å². The van der Waals surface area contributed by atoms with Gasteiger partial charge < -0.3 is 5.32 Å². The first-order valence-corrected chi connectivity index (χ1v) is 7.50. The topological polar surface area (TPSA) is 12.0 Å². The van der Waals surface area contributed by atoms with Crippen molar-refractivity contribution in [3.63, 3.8) is 0 Å². The summed E-state index contributed by atoms with van der Waals surface area (Å²) in [6.07, 6.45) is 5.12. The second kappa shape index (κ2) is 4.92. The van der Waals surface area contributed by atoms with E-state index in [0.717, 1.165) is 12.5 Å². The Morgan fingerprint density at radius 1 is 0.800 bits per heavy atom. The highest BCUT2D eigenvalue weighted by Gasteiger charge is 2.28. The van der Waals surface area contributed by atoms with Gasteiger partial charge in [0.1, 0.15) is 0 Å². The fourth-order valence-electron chi connectivity index (χ4n) is 3.15. The maximum Gasteiger partial charge on any atom is 0.0518 e. The van der Waals surface area contributed by atoms with E-state index in [1.54, 1.807) is 5.56 Å². The third kappa shape index (κ3) is 2.19. The molecule has 0 aromatic heterocycles. The summed E-state index contributed by atoms with van der Waals surface area (Å²) < 4.78 is 0. The van der Waals surface area contributed by atoms with Crippen LogP contribution in [-0.2, 0) is 0 Å². The van der Waals surface area contributed by atoms with Gasteiger partial charge in [-0.25, -0.2) is 0 Å². The van der Waals surface area contributed by atoms with Crippen LogP contribution >= 0.6 is 0 Å². The van der Waals surface area contributed by atoms with E-state index in [1.807, 2.05) is 0 Å². The van der Waals surface area contributed by atoms with Crippen molar-refractivity contribution >= 4 is 5.57 Å². The van der Waals surface area contributed by atoms with Crippen LogP contribution in [0.1, 0.15) is 41.5 Å². The summed E-state index contributed by atoms with van der Waals surface area (Å²) >= 11 is 0. The fraction of sp³-hybridized carbons (Fsp3) is 0.263. The van der Waals surface area contributed by atoms with E-state index in [-0.39, 0.29) is 0 Å². The van der Waals surface area contributed by atoms with Crippen LogP contribution in [0.5, 0.6) is 0 Å². The van der Waals surface area contributed by atoms with E-state index in [2.05, 4.69) is 66.0 Å². The van der Waals surface area contributed by atoms with Gasteiger partial charge in [0.2, 0.25) is 0 Å². The molecule has 1 fully saturated rings. The molecule has 1 heteroatoms. The zero-order chi connectivity index (χ0) is 13.4. The Hall–Kier alpha value is -1.86. The maximum atomic E-state index is 3.65. The van der Waals surface area contributed by atoms with Crippen molar-refractivity contribution in [1.29, 1.82) is 0 Å². The second-order valence-electron chi connectivity index (χ2n) is 5.82. The van der Waals surface area contributed by atoms with Crippen molar-refractivity contribution in [2.75, 3.05) is 6.54 Å². The van der Waals surface area contributed by atoms with Crippen LogP contribution in [0.2, 0.25) is 0 Å². The predicted molar refractivity (Wildman–Crippen MR) is 83.6 cm³/mol. The third-order valence-corrected chi connectivity index (χ3v) is 4.37. The van der Waals surface area contributed by atoms with Crippen LogP contribution in [0.3, 0.4) is 0 Å². The highest BCUT2D eigenvalue weighted by atomic mass is 14.9. The van der Waals surface area contributed by atoms with Gasteiger partial charge in [0, 0.05) is 6.54 Å². The van der Waals surface area contributed by atoms with E-state index >= 15 is 0 Å². The average molecular weight is 261 g/mol. The van der Waals surface area contributed by atoms with Gasteiger partial charge in [0.05, 0.1) is 6.04 Å². The highest BCUT2D eigenvalue weighted by Crippen LogP contribution is 2.43. The Morgan fingerprint density at radius 2 is 1.50 bits per heavy atom. The van der Waals surface area contributed by atoms with E-state index < -0.39 is 0 Å². The lowest BCUT2D eigenvalue weighted by atomic mass is 9.96. The molecule has 1 N–H and O–H groups in total. The quantitative estimate of drug-likeness (QED) is 0.869. The van der Waals surface area contributed by atoms with Crippen LogP contribution in [0.25, 0.3) is 5.57 Å². The van der Waals surface area contributed by atoms with Gasteiger partial charge in [0.15, 0.2) is 0 Å². The average Bonchev–Trinajstić information content (AvgIpc) is 3.25. The molecule has 2 aromatic carbocycles. The first kappa shape index (κ1) is 11.9. The van der Waals surface area contributed by atoms with Gasteiger partial charge >= 0.3 is 0 Å². The number of hydrogen-bond donors (Lipinski definition) is 1. The molecule has 0 bridgehead atoms. The minimum Gasteiger partial charge on any atom is -0.303 e. The van der Waals surface area contributed by atoms with Crippen molar-refractivity contribution in [2.45, 2.75) is 24.8 Å². The molecule has 100 valence electrons. The molecule has 2 aromatic rings. The van der Waals surface area contributed by atoms with Crippen LogP contribution in [0, 0.1) is 0 Å². The van der Waals surface area contributed by atoms with E-state index in [1.165, 1.54) is 29.5 Å². The molecule has 1 aliphatic carbocycles. The first-order chi connectivity index (χ1) is 9.92. The van der Waals surface area contributed by atoms with Crippen molar-refractivity contribution in [3.8, 4) is 0 Å². The smallest absolute Gasteiger partial charge is 0.0518 e. The summed E-state index contributed by atoms with van der Waals surface area (Å²) in [7, 11) is 0. The molecule has 2 aliphatic rings. The summed E-state index contributed by atoms with van der Waals surface area (Å²) in [5.74, 6) is 0.808. The minimum atomic E-state index is 0.377. The molecule has 4 rings (SSSR count). The monoisotopic (exact) mass is 261 g/mol. The SMILES string of the molecule is C1=C(c2ccccc2)CNC1c1ccccc1C1CC1. The van der Waals surface area contributed by atoms with Gasteiger partial charge in [-0.15, -0.1) is 0 Å². The lowest BCUT2D eigenvalue weighted by Crippen LogP contribution is -2.15. The van der Waals surface area contributed by atoms with Crippen molar-refractivity contribution in [1.82, 2.24) is 5.32 Å². The van der Waals surface area contributed by atoms with Crippen LogP contribution < -0.4 is 5.32 Å². The van der Waals surface area contributed by atoms with Crippen LogP contribution in [0.15, 0.2) is 60.7 Å².